The summed E-state index contributed by atoms with van der Waals surface area (Å²) in [7, 11) is 4.28. The van der Waals surface area contributed by atoms with Crippen molar-refractivity contribution >= 4 is 38.8 Å². The summed E-state index contributed by atoms with van der Waals surface area (Å²) in [4.78, 5) is 5.14. The topological polar surface area (TPSA) is 32.5 Å². The molecule has 1 saturated heterocycles. The Balaban J connectivity index is 2.31. The van der Waals surface area contributed by atoms with E-state index in [1.54, 1.807) is 0 Å². The van der Waals surface area contributed by atoms with Gasteiger partial charge in [-0.15, -0.1) is 0 Å². The first-order chi connectivity index (χ1) is 8.90. The van der Waals surface area contributed by atoms with Gasteiger partial charge in [0.15, 0.2) is 0 Å². The molecule has 1 aliphatic rings. The van der Waals surface area contributed by atoms with Crippen molar-refractivity contribution in [1.82, 2.24) is 4.90 Å². The molecule has 0 amide bonds. The fourth-order valence-corrected chi connectivity index (χ4v) is 3.32. The number of anilines is 1. The summed E-state index contributed by atoms with van der Waals surface area (Å²) in [6.07, 6.45) is 0. The SMILES string of the molecule is CC1CN(c2ccc(Br)cc2C(N)=S)CC1N(C)C. The predicted molar refractivity (Wildman–Crippen MR) is 88.9 cm³/mol. The lowest BCUT2D eigenvalue weighted by molar-refractivity contribution is 0.266. The Morgan fingerprint density at radius 2 is 2.11 bits per heavy atom. The van der Waals surface area contributed by atoms with Crippen LogP contribution in [-0.2, 0) is 0 Å². The fourth-order valence-electron chi connectivity index (χ4n) is 2.80. The molecule has 1 fully saturated rings. The lowest BCUT2D eigenvalue weighted by Gasteiger charge is -2.24. The molecular weight excluding hydrogens is 322 g/mol. The van der Waals surface area contributed by atoms with Crippen LogP contribution in [0.4, 0.5) is 5.69 Å². The number of likely N-dealkylation sites (N-methyl/N-ethyl adjacent to an activating group) is 1. The maximum atomic E-state index is 5.85. The Bertz CT molecular complexity index is 490. The van der Waals surface area contributed by atoms with E-state index in [9.17, 15) is 0 Å². The van der Waals surface area contributed by atoms with E-state index in [0.29, 0.717) is 16.9 Å². The Kier molecular flexibility index (Phi) is 4.48. The number of thiocarbonyl (C=S) groups is 1. The van der Waals surface area contributed by atoms with Gasteiger partial charge in [0.25, 0.3) is 0 Å². The second-order valence-electron chi connectivity index (χ2n) is 5.44. The molecule has 0 aliphatic carbocycles. The molecule has 0 spiro atoms. The van der Waals surface area contributed by atoms with Gasteiger partial charge in [-0.25, -0.2) is 0 Å². The van der Waals surface area contributed by atoms with Gasteiger partial charge >= 0.3 is 0 Å². The molecule has 0 aromatic heterocycles. The molecule has 104 valence electrons. The highest BCUT2D eigenvalue weighted by Crippen LogP contribution is 2.30. The van der Waals surface area contributed by atoms with Gasteiger partial charge in [0.2, 0.25) is 0 Å². The Labute approximate surface area is 128 Å². The second-order valence-corrected chi connectivity index (χ2v) is 6.79. The molecule has 1 aliphatic heterocycles. The number of hydrogen-bond acceptors (Lipinski definition) is 3. The summed E-state index contributed by atoms with van der Waals surface area (Å²) in [5.74, 6) is 0.637. The van der Waals surface area contributed by atoms with Crippen LogP contribution in [0.25, 0.3) is 0 Å². The van der Waals surface area contributed by atoms with Gasteiger partial charge in [0.1, 0.15) is 4.99 Å². The average Bonchev–Trinajstić information content (AvgIpc) is 2.71. The summed E-state index contributed by atoms with van der Waals surface area (Å²) in [6.45, 7) is 4.36. The molecule has 2 rings (SSSR count). The van der Waals surface area contributed by atoms with Crippen LogP contribution in [-0.4, -0.2) is 43.1 Å². The third-order valence-electron chi connectivity index (χ3n) is 3.80. The van der Waals surface area contributed by atoms with Gasteiger partial charge in [0.05, 0.1) is 0 Å². The fraction of sp³-hybridized carbons (Fsp3) is 0.500. The summed E-state index contributed by atoms with van der Waals surface area (Å²) < 4.78 is 1.01. The number of nitrogens with zero attached hydrogens (tertiary/aromatic N) is 2. The van der Waals surface area contributed by atoms with Crippen LogP contribution in [0.15, 0.2) is 22.7 Å². The van der Waals surface area contributed by atoms with Crippen LogP contribution in [0.1, 0.15) is 12.5 Å². The lowest BCUT2D eigenvalue weighted by atomic mass is 10.1. The highest BCUT2D eigenvalue weighted by Gasteiger charge is 2.32. The van der Waals surface area contributed by atoms with Crippen LogP contribution >= 0.6 is 28.1 Å². The van der Waals surface area contributed by atoms with E-state index >= 15 is 0 Å². The van der Waals surface area contributed by atoms with Crippen LogP contribution in [0, 0.1) is 5.92 Å². The Morgan fingerprint density at radius 1 is 1.42 bits per heavy atom. The highest BCUT2D eigenvalue weighted by atomic mass is 79.9. The van der Waals surface area contributed by atoms with Crippen molar-refractivity contribution in [2.24, 2.45) is 11.7 Å². The smallest absolute Gasteiger partial charge is 0.106 e. The van der Waals surface area contributed by atoms with Crippen molar-refractivity contribution in [2.75, 3.05) is 32.1 Å². The van der Waals surface area contributed by atoms with E-state index < -0.39 is 0 Å². The monoisotopic (exact) mass is 341 g/mol. The van der Waals surface area contributed by atoms with E-state index in [0.717, 1.165) is 28.8 Å². The number of rotatable bonds is 3. The first kappa shape index (κ1) is 14.8. The normalized spacial score (nSPS) is 23.1. The number of halogens is 1. The Hall–Kier alpha value is -0.650. The zero-order chi connectivity index (χ0) is 14.2. The first-order valence-corrected chi connectivity index (χ1v) is 7.61. The van der Waals surface area contributed by atoms with Crippen molar-refractivity contribution in [3.63, 3.8) is 0 Å². The van der Waals surface area contributed by atoms with Crippen LogP contribution in [0.3, 0.4) is 0 Å². The molecule has 2 unspecified atom stereocenters. The molecule has 0 saturated carbocycles. The van der Waals surface area contributed by atoms with Gasteiger partial charge < -0.3 is 15.5 Å². The van der Waals surface area contributed by atoms with Crippen molar-refractivity contribution in [3.8, 4) is 0 Å². The minimum atomic E-state index is 0.456. The minimum absolute atomic E-state index is 0.456. The van der Waals surface area contributed by atoms with Crippen LogP contribution < -0.4 is 10.6 Å². The highest BCUT2D eigenvalue weighted by molar-refractivity contribution is 9.10. The summed E-state index contributed by atoms with van der Waals surface area (Å²) in [6, 6.07) is 6.72. The molecule has 1 aromatic carbocycles. The van der Waals surface area contributed by atoms with E-state index in [4.69, 9.17) is 18.0 Å². The average molecular weight is 342 g/mol. The van der Waals surface area contributed by atoms with Gasteiger partial charge in [-0.1, -0.05) is 35.1 Å². The standard InChI is InChI=1S/C14H20BrN3S/c1-9-7-18(8-13(9)17(2)3)12-5-4-10(15)6-11(12)14(16)19/h4-6,9,13H,7-8H2,1-3H3,(H2,16,19). The zero-order valence-corrected chi connectivity index (χ0v) is 14.0. The minimum Gasteiger partial charge on any atom is -0.389 e. The molecule has 0 bridgehead atoms. The van der Waals surface area contributed by atoms with E-state index in [2.05, 4.69) is 52.8 Å². The third kappa shape index (κ3) is 3.09. The lowest BCUT2D eigenvalue weighted by Crippen LogP contribution is -2.34. The molecule has 19 heavy (non-hydrogen) atoms. The predicted octanol–water partition coefficient (Wildman–Crippen LogP) is 2.47. The first-order valence-electron chi connectivity index (χ1n) is 6.41. The van der Waals surface area contributed by atoms with Crippen LogP contribution in [0.5, 0.6) is 0 Å². The van der Waals surface area contributed by atoms with Crippen molar-refractivity contribution in [1.29, 1.82) is 0 Å². The molecule has 1 heterocycles. The van der Waals surface area contributed by atoms with E-state index in [-0.39, 0.29) is 0 Å². The van der Waals surface area contributed by atoms with Crippen molar-refractivity contribution in [2.45, 2.75) is 13.0 Å². The quantitative estimate of drug-likeness (QED) is 0.856. The molecule has 2 N–H and O–H groups in total. The number of hydrogen-bond donors (Lipinski definition) is 1. The van der Waals surface area contributed by atoms with Gasteiger partial charge in [0, 0.05) is 34.9 Å². The number of benzene rings is 1. The van der Waals surface area contributed by atoms with Crippen molar-refractivity contribution < 1.29 is 0 Å². The van der Waals surface area contributed by atoms with E-state index in [1.807, 2.05) is 12.1 Å². The zero-order valence-electron chi connectivity index (χ0n) is 11.6. The maximum Gasteiger partial charge on any atom is 0.106 e. The molecule has 5 heteroatoms. The maximum absolute atomic E-state index is 5.85. The summed E-state index contributed by atoms with van der Waals surface area (Å²) in [5, 5.41) is 0. The number of nitrogens with two attached hydrogens (primary N) is 1. The van der Waals surface area contributed by atoms with Gasteiger partial charge in [-0.2, -0.15) is 0 Å². The molecule has 0 radical (unpaired) electrons. The summed E-state index contributed by atoms with van der Waals surface area (Å²) in [5.41, 5.74) is 7.95. The van der Waals surface area contributed by atoms with Gasteiger partial charge in [-0.3, -0.25) is 0 Å². The van der Waals surface area contributed by atoms with Gasteiger partial charge in [-0.05, 0) is 38.2 Å². The molecule has 2 atom stereocenters. The third-order valence-corrected chi connectivity index (χ3v) is 4.51. The largest absolute Gasteiger partial charge is 0.389 e. The Morgan fingerprint density at radius 3 is 2.63 bits per heavy atom. The molecule has 1 aromatic rings. The van der Waals surface area contributed by atoms with Crippen molar-refractivity contribution in [3.05, 3.63) is 28.2 Å². The second kappa shape index (κ2) is 5.77. The molecular formula is C14H20BrN3S. The van der Waals surface area contributed by atoms with Crippen LogP contribution in [0.2, 0.25) is 0 Å². The molecule has 3 nitrogen and oxygen atoms in total. The summed E-state index contributed by atoms with van der Waals surface area (Å²) >= 11 is 8.65. The van der Waals surface area contributed by atoms with E-state index in [1.165, 1.54) is 0 Å².